The molecule has 0 unspecified atom stereocenters. The van der Waals surface area contributed by atoms with Crippen LogP contribution in [0.5, 0.6) is 5.75 Å². The molecule has 1 aliphatic carbocycles. The standard InChI is InChI=1S/C18H30N2O2/c1-20(16-7-4-3-5-8-16)17-10-9-15(13-18(17)22-2)14-19-11-6-12-21/h9-10,13,16,19,21H,3-8,11-12,14H2,1-2H3. The zero-order valence-corrected chi connectivity index (χ0v) is 14.0. The van der Waals surface area contributed by atoms with Gasteiger partial charge in [-0.3, -0.25) is 0 Å². The van der Waals surface area contributed by atoms with E-state index in [2.05, 4.69) is 35.5 Å². The van der Waals surface area contributed by atoms with Gasteiger partial charge in [0.1, 0.15) is 5.75 Å². The normalized spacial score (nSPS) is 15.8. The molecule has 1 fully saturated rings. The molecule has 1 aromatic carbocycles. The lowest BCUT2D eigenvalue weighted by Gasteiger charge is -2.33. The van der Waals surface area contributed by atoms with Gasteiger partial charge in [0.15, 0.2) is 0 Å². The van der Waals surface area contributed by atoms with Crippen molar-refractivity contribution in [3.05, 3.63) is 23.8 Å². The summed E-state index contributed by atoms with van der Waals surface area (Å²) in [7, 11) is 3.93. The Balaban J connectivity index is 2.01. The molecule has 0 bridgehead atoms. The highest BCUT2D eigenvalue weighted by Crippen LogP contribution is 2.33. The Hall–Kier alpha value is -1.26. The molecule has 1 saturated carbocycles. The van der Waals surface area contributed by atoms with E-state index in [1.165, 1.54) is 43.4 Å². The third-order valence-corrected chi connectivity index (χ3v) is 4.59. The third-order valence-electron chi connectivity index (χ3n) is 4.59. The van der Waals surface area contributed by atoms with Gasteiger partial charge in [0.05, 0.1) is 12.8 Å². The zero-order valence-electron chi connectivity index (χ0n) is 14.0. The van der Waals surface area contributed by atoms with E-state index < -0.39 is 0 Å². The van der Waals surface area contributed by atoms with Crippen LogP contribution in [0.15, 0.2) is 18.2 Å². The summed E-state index contributed by atoms with van der Waals surface area (Å²) < 4.78 is 5.62. The second-order valence-electron chi connectivity index (χ2n) is 6.16. The summed E-state index contributed by atoms with van der Waals surface area (Å²) in [5, 5.41) is 12.1. The Morgan fingerprint density at radius 1 is 1.27 bits per heavy atom. The maximum absolute atomic E-state index is 8.80. The van der Waals surface area contributed by atoms with Crippen molar-refractivity contribution in [2.45, 2.75) is 51.1 Å². The maximum Gasteiger partial charge on any atom is 0.142 e. The van der Waals surface area contributed by atoms with Crippen LogP contribution in [0, 0.1) is 0 Å². The van der Waals surface area contributed by atoms with E-state index in [-0.39, 0.29) is 6.61 Å². The van der Waals surface area contributed by atoms with Crippen molar-refractivity contribution in [3.63, 3.8) is 0 Å². The summed E-state index contributed by atoms with van der Waals surface area (Å²) >= 11 is 0. The molecule has 1 aliphatic rings. The molecule has 2 rings (SSSR count). The van der Waals surface area contributed by atoms with Crippen molar-refractivity contribution in [3.8, 4) is 5.75 Å². The van der Waals surface area contributed by atoms with Crippen LogP contribution in [0.1, 0.15) is 44.1 Å². The number of benzene rings is 1. The van der Waals surface area contributed by atoms with Crippen molar-refractivity contribution >= 4 is 5.69 Å². The molecule has 0 atom stereocenters. The first kappa shape index (κ1) is 17.1. The molecule has 0 aromatic heterocycles. The molecule has 0 spiro atoms. The number of hydrogen-bond acceptors (Lipinski definition) is 4. The van der Waals surface area contributed by atoms with E-state index in [1.807, 2.05) is 0 Å². The second-order valence-corrected chi connectivity index (χ2v) is 6.16. The molecule has 124 valence electrons. The number of aliphatic hydroxyl groups excluding tert-OH is 1. The number of methoxy groups -OCH3 is 1. The molecule has 1 aromatic rings. The Morgan fingerprint density at radius 2 is 2.05 bits per heavy atom. The fourth-order valence-corrected chi connectivity index (χ4v) is 3.23. The van der Waals surface area contributed by atoms with Crippen LogP contribution >= 0.6 is 0 Å². The van der Waals surface area contributed by atoms with Gasteiger partial charge in [-0.1, -0.05) is 25.3 Å². The van der Waals surface area contributed by atoms with E-state index in [1.54, 1.807) is 7.11 Å². The van der Waals surface area contributed by atoms with Crippen molar-refractivity contribution in [1.82, 2.24) is 5.32 Å². The van der Waals surface area contributed by atoms with Crippen LogP contribution in [0.25, 0.3) is 0 Å². The summed E-state index contributed by atoms with van der Waals surface area (Å²) in [5.74, 6) is 0.953. The summed E-state index contributed by atoms with van der Waals surface area (Å²) in [6.07, 6.45) is 7.40. The van der Waals surface area contributed by atoms with Crippen molar-refractivity contribution in [2.24, 2.45) is 0 Å². The summed E-state index contributed by atoms with van der Waals surface area (Å²) in [4.78, 5) is 2.39. The zero-order chi connectivity index (χ0) is 15.8. The Kier molecular flexibility index (Phi) is 7.00. The number of nitrogens with zero attached hydrogens (tertiary/aromatic N) is 1. The number of hydrogen-bond donors (Lipinski definition) is 2. The van der Waals surface area contributed by atoms with Gasteiger partial charge in [0, 0.05) is 26.2 Å². The number of anilines is 1. The molecule has 0 saturated heterocycles. The van der Waals surface area contributed by atoms with E-state index in [4.69, 9.17) is 9.84 Å². The van der Waals surface area contributed by atoms with Gasteiger partial charge in [-0.25, -0.2) is 0 Å². The average molecular weight is 306 g/mol. The van der Waals surface area contributed by atoms with Gasteiger partial charge >= 0.3 is 0 Å². The smallest absolute Gasteiger partial charge is 0.142 e. The van der Waals surface area contributed by atoms with Crippen molar-refractivity contribution in [1.29, 1.82) is 0 Å². The van der Waals surface area contributed by atoms with Crippen molar-refractivity contribution < 1.29 is 9.84 Å². The minimum Gasteiger partial charge on any atom is -0.495 e. The summed E-state index contributed by atoms with van der Waals surface area (Å²) in [6, 6.07) is 7.11. The van der Waals surface area contributed by atoms with Gasteiger partial charge in [0.2, 0.25) is 0 Å². The molecule has 0 radical (unpaired) electrons. The van der Waals surface area contributed by atoms with Gasteiger partial charge in [0.25, 0.3) is 0 Å². The van der Waals surface area contributed by atoms with Crippen molar-refractivity contribution in [2.75, 3.05) is 32.2 Å². The molecule has 4 nitrogen and oxygen atoms in total. The molecule has 2 N–H and O–H groups in total. The van der Waals surface area contributed by atoms with Gasteiger partial charge in [-0.2, -0.15) is 0 Å². The van der Waals surface area contributed by atoms with Crippen LogP contribution in [-0.4, -0.2) is 38.5 Å². The predicted molar refractivity (Wildman–Crippen MR) is 91.7 cm³/mol. The van der Waals surface area contributed by atoms with E-state index in [9.17, 15) is 0 Å². The number of aliphatic hydroxyl groups is 1. The quantitative estimate of drug-likeness (QED) is 0.725. The van der Waals surface area contributed by atoms with Gasteiger partial charge < -0.3 is 20.1 Å². The fourth-order valence-electron chi connectivity index (χ4n) is 3.23. The highest BCUT2D eigenvalue weighted by Gasteiger charge is 2.20. The molecule has 4 heteroatoms. The van der Waals surface area contributed by atoms with Crippen LogP contribution in [-0.2, 0) is 6.54 Å². The number of nitrogens with one attached hydrogen (secondary N) is 1. The van der Waals surface area contributed by atoms with Crippen LogP contribution in [0.3, 0.4) is 0 Å². The summed E-state index contributed by atoms with van der Waals surface area (Å²) in [6.45, 7) is 1.88. The second kappa shape index (κ2) is 9.01. The average Bonchev–Trinajstić information content (AvgIpc) is 2.58. The maximum atomic E-state index is 8.80. The minimum absolute atomic E-state index is 0.238. The lowest BCUT2D eigenvalue weighted by Crippen LogP contribution is -2.33. The van der Waals surface area contributed by atoms with Gasteiger partial charge in [-0.05, 0) is 43.5 Å². The highest BCUT2D eigenvalue weighted by molar-refractivity contribution is 5.60. The lowest BCUT2D eigenvalue weighted by molar-refractivity contribution is 0.286. The summed E-state index contributed by atoms with van der Waals surface area (Å²) in [5.41, 5.74) is 2.41. The lowest BCUT2D eigenvalue weighted by atomic mass is 9.94. The highest BCUT2D eigenvalue weighted by atomic mass is 16.5. The van der Waals surface area contributed by atoms with E-state index >= 15 is 0 Å². The third kappa shape index (κ3) is 4.62. The molecular formula is C18H30N2O2. The first-order chi connectivity index (χ1) is 10.8. The largest absolute Gasteiger partial charge is 0.495 e. The molecule has 0 heterocycles. The molecule has 0 amide bonds. The van der Waals surface area contributed by atoms with Crippen LogP contribution in [0.4, 0.5) is 5.69 Å². The molecular weight excluding hydrogens is 276 g/mol. The van der Waals surface area contributed by atoms with E-state index in [0.29, 0.717) is 6.04 Å². The van der Waals surface area contributed by atoms with Gasteiger partial charge in [-0.15, -0.1) is 0 Å². The minimum atomic E-state index is 0.238. The SMILES string of the molecule is COc1cc(CNCCCO)ccc1N(C)C1CCCCC1. The fraction of sp³-hybridized carbons (Fsp3) is 0.667. The number of rotatable bonds is 8. The van der Waals surface area contributed by atoms with Crippen LogP contribution < -0.4 is 15.0 Å². The topological polar surface area (TPSA) is 44.7 Å². The Bertz CT molecular complexity index is 445. The monoisotopic (exact) mass is 306 g/mol. The van der Waals surface area contributed by atoms with Crippen LogP contribution in [0.2, 0.25) is 0 Å². The first-order valence-corrected chi connectivity index (χ1v) is 8.47. The molecule has 22 heavy (non-hydrogen) atoms. The Labute approximate surface area is 134 Å². The van der Waals surface area contributed by atoms with E-state index in [0.717, 1.165) is 25.3 Å². The Morgan fingerprint density at radius 3 is 2.73 bits per heavy atom. The number of ether oxygens (including phenoxy) is 1. The predicted octanol–water partition coefficient (Wildman–Crippen LogP) is 2.94. The first-order valence-electron chi connectivity index (χ1n) is 8.47. The molecule has 0 aliphatic heterocycles.